The number of methoxy groups -OCH3 is 3. The van der Waals surface area contributed by atoms with Gasteiger partial charge in [-0.05, 0) is 17.7 Å². The van der Waals surface area contributed by atoms with E-state index in [0.29, 0.717) is 29.4 Å². The van der Waals surface area contributed by atoms with Crippen LogP contribution >= 0.6 is 0 Å². The number of nitrogens with one attached hydrogen (secondary N) is 1. The summed E-state index contributed by atoms with van der Waals surface area (Å²) in [6.45, 7) is 0. The van der Waals surface area contributed by atoms with E-state index in [-0.39, 0.29) is 11.8 Å². The number of anilines is 1. The number of hydrogen-bond acceptors (Lipinski definition) is 6. The first-order valence-electron chi connectivity index (χ1n) is 8.49. The molecule has 0 saturated carbocycles. The van der Waals surface area contributed by atoms with E-state index in [0.717, 1.165) is 22.2 Å². The van der Waals surface area contributed by atoms with Gasteiger partial charge in [0, 0.05) is 31.0 Å². The van der Waals surface area contributed by atoms with E-state index in [1.165, 1.54) is 0 Å². The molecule has 1 aliphatic rings. The van der Waals surface area contributed by atoms with Crippen molar-refractivity contribution in [2.45, 2.75) is 12.3 Å². The number of ether oxygens (including phenoxy) is 3. The Hall–Kier alpha value is -3.29. The largest absolute Gasteiger partial charge is 0.493 e. The van der Waals surface area contributed by atoms with Gasteiger partial charge >= 0.3 is 0 Å². The van der Waals surface area contributed by atoms with Crippen molar-refractivity contribution in [3.05, 3.63) is 35.4 Å². The molecule has 1 aromatic heterocycles. The van der Waals surface area contributed by atoms with Crippen LogP contribution in [0.4, 0.5) is 5.69 Å². The number of fused-ring (bicyclic) bond motifs is 2. The molecule has 2 heterocycles. The molecule has 0 bridgehead atoms. The van der Waals surface area contributed by atoms with Gasteiger partial charge in [-0.15, -0.1) is 5.10 Å². The highest BCUT2D eigenvalue weighted by Crippen LogP contribution is 2.51. The van der Waals surface area contributed by atoms with Gasteiger partial charge in [0.25, 0.3) is 0 Å². The Kier molecular flexibility index (Phi) is 4.10. The molecule has 1 amide bonds. The van der Waals surface area contributed by atoms with E-state index in [1.807, 2.05) is 25.2 Å². The molecular weight excluding hydrogens is 348 g/mol. The maximum Gasteiger partial charge on any atom is 0.225 e. The Morgan fingerprint density at radius 3 is 2.59 bits per heavy atom. The van der Waals surface area contributed by atoms with Crippen LogP contribution in [0.2, 0.25) is 0 Å². The lowest BCUT2D eigenvalue weighted by molar-refractivity contribution is -0.116. The second-order valence-corrected chi connectivity index (χ2v) is 6.37. The highest BCUT2D eigenvalue weighted by atomic mass is 16.5. The molecule has 0 spiro atoms. The summed E-state index contributed by atoms with van der Waals surface area (Å²) >= 11 is 0. The van der Waals surface area contributed by atoms with E-state index in [4.69, 9.17) is 14.2 Å². The third kappa shape index (κ3) is 2.64. The number of nitrogens with zero attached hydrogens (tertiary/aromatic N) is 3. The molecular formula is C19H20N4O4. The van der Waals surface area contributed by atoms with E-state index < -0.39 is 0 Å². The average Bonchev–Trinajstić information content (AvgIpc) is 3.05. The van der Waals surface area contributed by atoms with Crippen LogP contribution < -0.4 is 19.5 Å². The summed E-state index contributed by atoms with van der Waals surface area (Å²) in [7, 11) is 6.54. The number of amides is 1. The van der Waals surface area contributed by atoms with Crippen molar-refractivity contribution in [1.82, 2.24) is 15.0 Å². The Morgan fingerprint density at radius 1 is 1.11 bits per heavy atom. The summed E-state index contributed by atoms with van der Waals surface area (Å²) in [5.74, 6) is 1.28. The molecule has 8 heteroatoms. The summed E-state index contributed by atoms with van der Waals surface area (Å²) in [5, 5.41) is 11.2. The van der Waals surface area contributed by atoms with Gasteiger partial charge in [-0.25, -0.2) is 4.68 Å². The smallest absolute Gasteiger partial charge is 0.225 e. The van der Waals surface area contributed by atoms with Crippen LogP contribution in [0.25, 0.3) is 11.0 Å². The van der Waals surface area contributed by atoms with Crippen LogP contribution in [0, 0.1) is 0 Å². The van der Waals surface area contributed by atoms with Crippen LogP contribution in [0.15, 0.2) is 24.3 Å². The number of aromatic nitrogens is 3. The summed E-state index contributed by atoms with van der Waals surface area (Å²) in [6.07, 6.45) is 0.296. The van der Waals surface area contributed by atoms with Gasteiger partial charge in [-0.3, -0.25) is 4.79 Å². The number of carbonyl (C=O) groups excluding carboxylic acids is 1. The molecule has 0 fully saturated rings. The lowest BCUT2D eigenvalue weighted by Crippen LogP contribution is -2.24. The van der Waals surface area contributed by atoms with Crippen molar-refractivity contribution in [3.8, 4) is 17.2 Å². The van der Waals surface area contributed by atoms with Gasteiger partial charge in [-0.1, -0.05) is 11.3 Å². The number of rotatable bonds is 4. The van der Waals surface area contributed by atoms with E-state index in [9.17, 15) is 4.79 Å². The van der Waals surface area contributed by atoms with Gasteiger partial charge in [0.05, 0.1) is 32.5 Å². The predicted molar refractivity (Wildman–Crippen MR) is 99.7 cm³/mol. The lowest BCUT2D eigenvalue weighted by Gasteiger charge is -2.29. The fraction of sp³-hybridized carbons (Fsp3) is 0.316. The van der Waals surface area contributed by atoms with Crippen LogP contribution in [-0.2, 0) is 11.8 Å². The third-order valence-corrected chi connectivity index (χ3v) is 4.92. The van der Waals surface area contributed by atoms with E-state index in [1.54, 1.807) is 32.1 Å². The third-order valence-electron chi connectivity index (χ3n) is 4.92. The molecule has 0 radical (unpaired) electrons. The fourth-order valence-electron chi connectivity index (χ4n) is 3.68. The van der Waals surface area contributed by atoms with Gasteiger partial charge < -0.3 is 19.5 Å². The van der Waals surface area contributed by atoms with Crippen molar-refractivity contribution in [2.24, 2.45) is 7.05 Å². The van der Waals surface area contributed by atoms with Gasteiger partial charge in [0.15, 0.2) is 11.5 Å². The summed E-state index contributed by atoms with van der Waals surface area (Å²) < 4.78 is 18.3. The van der Waals surface area contributed by atoms with Crippen LogP contribution in [0.5, 0.6) is 17.2 Å². The number of hydrogen-bond donors (Lipinski definition) is 1. The fourth-order valence-corrected chi connectivity index (χ4v) is 3.68. The Balaban J connectivity index is 1.94. The van der Waals surface area contributed by atoms with Gasteiger partial charge in [0.2, 0.25) is 11.7 Å². The van der Waals surface area contributed by atoms with E-state index >= 15 is 0 Å². The summed E-state index contributed by atoms with van der Waals surface area (Å²) in [4.78, 5) is 12.4. The van der Waals surface area contributed by atoms with Crippen molar-refractivity contribution in [3.63, 3.8) is 0 Å². The van der Waals surface area contributed by atoms with Crippen LogP contribution in [0.3, 0.4) is 0 Å². The van der Waals surface area contributed by atoms with Crippen LogP contribution in [0.1, 0.15) is 23.5 Å². The Labute approximate surface area is 156 Å². The summed E-state index contributed by atoms with van der Waals surface area (Å²) in [6, 6.07) is 7.69. The zero-order valence-electron chi connectivity index (χ0n) is 15.6. The van der Waals surface area contributed by atoms with Gasteiger partial charge in [-0.2, -0.15) is 0 Å². The Morgan fingerprint density at radius 2 is 1.89 bits per heavy atom. The average molecular weight is 368 g/mol. The zero-order valence-corrected chi connectivity index (χ0v) is 15.6. The zero-order chi connectivity index (χ0) is 19.1. The Bertz CT molecular complexity index is 1040. The summed E-state index contributed by atoms with van der Waals surface area (Å²) in [5.41, 5.74) is 4.19. The molecule has 1 aliphatic heterocycles. The lowest BCUT2D eigenvalue weighted by atomic mass is 9.83. The highest BCUT2D eigenvalue weighted by Gasteiger charge is 2.33. The maximum absolute atomic E-state index is 12.4. The molecule has 0 saturated heterocycles. The quantitative estimate of drug-likeness (QED) is 0.761. The second-order valence-electron chi connectivity index (χ2n) is 6.37. The predicted octanol–water partition coefficient (Wildman–Crippen LogP) is 2.47. The highest BCUT2D eigenvalue weighted by molar-refractivity contribution is 5.97. The molecule has 0 aliphatic carbocycles. The minimum Gasteiger partial charge on any atom is -0.493 e. The maximum atomic E-state index is 12.4. The number of aryl methyl sites for hydroxylation is 1. The second kappa shape index (κ2) is 6.46. The molecule has 2 aromatic carbocycles. The number of carbonyl (C=O) groups is 1. The minimum absolute atomic E-state index is 0.0685. The first-order chi connectivity index (χ1) is 13.1. The van der Waals surface area contributed by atoms with Crippen molar-refractivity contribution in [1.29, 1.82) is 0 Å². The topological polar surface area (TPSA) is 87.5 Å². The SMILES string of the molecule is COc1cc2c(c(OC)c1OC)[C@@H](c1ccc3c(c1)nnn3C)CC(=O)N2. The van der Waals surface area contributed by atoms with Crippen molar-refractivity contribution >= 4 is 22.6 Å². The molecule has 140 valence electrons. The molecule has 8 nitrogen and oxygen atoms in total. The van der Waals surface area contributed by atoms with Crippen LogP contribution in [-0.4, -0.2) is 42.2 Å². The van der Waals surface area contributed by atoms with Crippen molar-refractivity contribution in [2.75, 3.05) is 26.6 Å². The normalized spacial score (nSPS) is 16.0. The monoisotopic (exact) mass is 368 g/mol. The molecule has 3 aromatic rings. The van der Waals surface area contributed by atoms with Gasteiger partial charge in [0.1, 0.15) is 5.52 Å². The van der Waals surface area contributed by atoms with Crippen molar-refractivity contribution < 1.29 is 19.0 Å². The first-order valence-corrected chi connectivity index (χ1v) is 8.49. The number of benzene rings is 2. The molecule has 1 atom stereocenters. The molecule has 4 rings (SSSR count). The molecule has 1 N–H and O–H groups in total. The standard InChI is InChI=1S/C19H20N4O4/c1-23-14-6-5-10(7-12(14)21-22-23)11-8-16(24)20-13-9-15(25-2)18(26-3)19(27-4)17(11)13/h5-7,9,11H,8H2,1-4H3,(H,20,24)/t11-/m1/s1. The first kappa shape index (κ1) is 17.1. The molecule has 0 unspecified atom stereocenters. The molecule has 27 heavy (non-hydrogen) atoms. The minimum atomic E-state index is -0.199. The van der Waals surface area contributed by atoms with E-state index in [2.05, 4.69) is 15.6 Å².